The van der Waals surface area contributed by atoms with Crippen molar-refractivity contribution in [3.63, 3.8) is 0 Å². The lowest BCUT2D eigenvalue weighted by Crippen LogP contribution is -2.42. The Morgan fingerprint density at radius 3 is 2.57 bits per heavy atom. The fraction of sp³-hybridized carbons (Fsp3) is 0.476. The van der Waals surface area contributed by atoms with E-state index in [1.54, 1.807) is 32.0 Å². The van der Waals surface area contributed by atoms with Crippen LogP contribution in [0.4, 0.5) is 5.69 Å². The van der Waals surface area contributed by atoms with E-state index in [4.69, 9.17) is 0 Å². The Kier molecular flexibility index (Phi) is 5.72. The maximum absolute atomic E-state index is 12.8. The molecule has 148 valence electrons. The number of aryl methyl sites for hydroxylation is 1. The van der Waals surface area contributed by atoms with Crippen LogP contribution < -0.4 is 5.32 Å². The molecule has 1 saturated heterocycles. The van der Waals surface area contributed by atoms with E-state index in [9.17, 15) is 14.4 Å². The van der Waals surface area contributed by atoms with Gasteiger partial charge < -0.3 is 10.2 Å². The first kappa shape index (κ1) is 19.9. The number of nitrogens with zero attached hydrogens (tertiary/aromatic N) is 3. The highest BCUT2D eigenvalue weighted by molar-refractivity contribution is 6.09. The molecule has 0 saturated carbocycles. The lowest BCUT2D eigenvalue weighted by Gasteiger charge is -2.33. The van der Waals surface area contributed by atoms with Crippen LogP contribution in [0.5, 0.6) is 0 Å². The summed E-state index contributed by atoms with van der Waals surface area (Å²) in [6.07, 6.45) is 3.21. The maximum atomic E-state index is 12.8. The molecule has 1 fully saturated rings. The molecule has 2 aliphatic heterocycles. The summed E-state index contributed by atoms with van der Waals surface area (Å²) in [4.78, 5) is 39.4. The number of azo groups is 1. The molecule has 7 nitrogen and oxygen atoms in total. The number of amides is 3. The van der Waals surface area contributed by atoms with Crippen molar-refractivity contribution < 1.29 is 14.4 Å². The van der Waals surface area contributed by atoms with Gasteiger partial charge in [0.05, 0.1) is 5.70 Å². The molecule has 28 heavy (non-hydrogen) atoms. The van der Waals surface area contributed by atoms with Crippen molar-refractivity contribution in [1.82, 2.24) is 4.90 Å². The summed E-state index contributed by atoms with van der Waals surface area (Å²) in [7, 11) is 0. The number of carbonyl (C=O) groups excluding carboxylic acids is 3. The van der Waals surface area contributed by atoms with Crippen molar-refractivity contribution in [1.29, 1.82) is 0 Å². The Bertz CT molecular complexity index is 888. The number of anilines is 1. The molecule has 2 atom stereocenters. The van der Waals surface area contributed by atoms with Crippen LogP contribution in [0.3, 0.4) is 0 Å². The molecule has 0 radical (unpaired) electrons. The van der Waals surface area contributed by atoms with Crippen LogP contribution in [0.2, 0.25) is 0 Å². The van der Waals surface area contributed by atoms with Crippen molar-refractivity contribution in [3.05, 3.63) is 40.6 Å². The highest BCUT2D eigenvalue weighted by Crippen LogP contribution is 2.26. The third-order valence-corrected chi connectivity index (χ3v) is 5.61. The molecular weight excluding hydrogens is 356 g/mol. The van der Waals surface area contributed by atoms with E-state index in [1.165, 1.54) is 0 Å². The highest BCUT2D eigenvalue weighted by Gasteiger charge is 2.32. The van der Waals surface area contributed by atoms with Crippen molar-refractivity contribution in [3.8, 4) is 0 Å². The third kappa shape index (κ3) is 3.88. The summed E-state index contributed by atoms with van der Waals surface area (Å²) in [5.41, 5.74) is 3.13. The van der Waals surface area contributed by atoms with Crippen LogP contribution in [0.1, 0.15) is 56.0 Å². The molecule has 1 aromatic rings. The maximum Gasteiger partial charge on any atom is 0.281 e. The van der Waals surface area contributed by atoms with Gasteiger partial charge in [0.2, 0.25) is 5.91 Å². The molecule has 2 heterocycles. The number of hydrogen-bond donors (Lipinski definition) is 1. The van der Waals surface area contributed by atoms with Crippen LogP contribution in [-0.4, -0.2) is 35.2 Å². The number of rotatable bonds is 3. The summed E-state index contributed by atoms with van der Waals surface area (Å²) in [5.74, 6) is -1.95. The first-order valence-corrected chi connectivity index (χ1v) is 9.65. The van der Waals surface area contributed by atoms with E-state index >= 15 is 0 Å². The molecule has 0 spiro atoms. The fourth-order valence-electron chi connectivity index (χ4n) is 3.67. The molecule has 2 unspecified atom stereocenters. The fourth-order valence-corrected chi connectivity index (χ4v) is 3.67. The molecule has 0 bridgehead atoms. The van der Waals surface area contributed by atoms with Gasteiger partial charge in [-0.25, -0.2) is 0 Å². The average Bonchev–Trinajstić information content (AvgIpc) is 2.66. The van der Waals surface area contributed by atoms with Crippen molar-refractivity contribution in [2.24, 2.45) is 16.1 Å². The number of benzene rings is 1. The van der Waals surface area contributed by atoms with E-state index in [-0.39, 0.29) is 11.9 Å². The number of piperidine rings is 1. The number of allylic oxidation sites excluding steroid dienone is 1. The van der Waals surface area contributed by atoms with Crippen LogP contribution in [0.25, 0.3) is 0 Å². The van der Waals surface area contributed by atoms with Gasteiger partial charge in [0.15, 0.2) is 0 Å². The Morgan fingerprint density at radius 1 is 1.14 bits per heavy atom. The molecule has 3 amide bonds. The minimum atomic E-state index is -0.965. The standard InChI is InChI=1S/C21H26N4O3/c1-12-11-16(21(28)25-10-6-5-7-13(25)2)8-9-17(12)22-19(26)18-14(3)15(4)23-24-20(18)27/h8-9,11,13,18H,5-7,10H2,1-4H3,(H,22,26). The van der Waals surface area contributed by atoms with Gasteiger partial charge in [0, 0.05) is 23.8 Å². The van der Waals surface area contributed by atoms with Gasteiger partial charge in [0.1, 0.15) is 5.92 Å². The Morgan fingerprint density at radius 2 is 1.89 bits per heavy atom. The molecule has 7 heteroatoms. The van der Waals surface area contributed by atoms with Crippen LogP contribution in [0, 0.1) is 12.8 Å². The van der Waals surface area contributed by atoms with Gasteiger partial charge in [0.25, 0.3) is 11.8 Å². The summed E-state index contributed by atoms with van der Waals surface area (Å²) >= 11 is 0. The average molecular weight is 382 g/mol. The molecule has 3 rings (SSSR count). The highest BCUT2D eigenvalue weighted by atomic mass is 16.2. The first-order chi connectivity index (χ1) is 13.3. The van der Waals surface area contributed by atoms with Gasteiger partial charge in [-0.05, 0) is 76.3 Å². The van der Waals surface area contributed by atoms with Gasteiger partial charge in [-0.1, -0.05) is 0 Å². The van der Waals surface area contributed by atoms with Crippen LogP contribution in [0.15, 0.2) is 39.7 Å². The quantitative estimate of drug-likeness (QED) is 0.805. The largest absolute Gasteiger partial charge is 0.336 e. The van der Waals surface area contributed by atoms with Gasteiger partial charge in [-0.2, -0.15) is 5.11 Å². The van der Waals surface area contributed by atoms with Crippen LogP contribution in [-0.2, 0) is 9.59 Å². The lowest BCUT2D eigenvalue weighted by molar-refractivity contribution is -0.129. The molecular formula is C21H26N4O3. The summed E-state index contributed by atoms with van der Waals surface area (Å²) in [6, 6.07) is 5.47. The van der Waals surface area contributed by atoms with Crippen molar-refractivity contribution >= 4 is 23.4 Å². The van der Waals surface area contributed by atoms with Gasteiger partial charge in [-0.3, -0.25) is 14.4 Å². The Balaban J connectivity index is 1.76. The summed E-state index contributed by atoms with van der Waals surface area (Å²) < 4.78 is 0. The second-order valence-corrected chi connectivity index (χ2v) is 7.60. The molecule has 0 aliphatic carbocycles. The minimum absolute atomic E-state index is 0.0189. The van der Waals surface area contributed by atoms with E-state index in [0.29, 0.717) is 22.5 Å². The second kappa shape index (κ2) is 8.04. The van der Waals surface area contributed by atoms with Crippen LogP contribution >= 0.6 is 0 Å². The molecule has 1 aromatic carbocycles. The Hall–Kier alpha value is -2.83. The second-order valence-electron chi connectivity index (χ2n) is 7.60. The van der Waals surface area contributed by atoms with E-state index in [2.05, 4.69) is 22.5 Å². The molecule has 1 N–H and O–H groups in total. The van der Waals surface area contributed by atoms with Gasteiger partial charge in [-0.15, -0.1) is 5.11 Å². The number of hydrogen-bond acceptors (Lipinski definition) is 4. The minimum Gasteiger partial charge on any atom is -0.336 e. The normalized spacial score (nSPS) is 22.4. The van der Waals surface area contributed by atoms with Gasteiger partial charge >= 0.3 is 0 Å². The van der Waals surface area contributed by atoms with Crippen molar-refractivity contribution in [2.45, 2.75) is 53.0 Å². The summed E-state index contributed by atoms with van der Waals surface area (Å²) in [5, 5.41) is 10.1. The zero-order valence-electron chi connectivity index (χ0n) is 16.8. The van der Waals surface area contributed by atoms with E-state index in [1.807, 2.05) is 11.8 Å². The molecule has 2 aliphatic rings. The smallest absolute Gasteiger partial charge is 0.281 e. The lowest BCUT2D eigenvalue weighted by atomic mass is 9.96. The third-order valence-electron chi connectivity index (χ3n) is 5.61. The zero-order valence-corrected chi connectivity index (χ0v) is 16.8. The van der Waals surface area contributed by atoms with E-state index < -0.39 is 17.7 Å². The van der Waals surface area contributed by atoms with E-state index in [0.717, 1.165) is 31.4 Å². The topological polar surface area (TPSA) is 91.2 Å². The zero-order chi connectivity index (χ0) is 20.4. The number of carbonyl (C=O) groups is 3. The van der Waals surface area contributed by atoms with Crippen molar-refractivity contribution in [2.75, 3.05) is 11.9 Å². The number of likely N-dealkylation sites (tertiary alicyclic amines) is 1. The molecule has 0 aromatic heterocycles. The SMILES string of the molecule is CC1=C(C)C(C(=O)Nc2ccc(C(=O)N3CCCCC3C)cc2C)C(=O)N=N1. The number of nitrogens with one attached hydrogen (secondary N) is 1. The first-order valence-electron chi connectivity index (χ1n) is 9.65. The predicted octanol–water partition coefficient (Wildman–Crippen LogP) is 3.85. The Labute approximate surface area is 164 Å². The monoisotopic (exact) mass is 382 g/mol. The predicted molar refractivity (Wildman–Crippen MR) is 106 cm³/mol. The summed E-state index contributed by atoms with van der Waals surface area (Å²) in [6.45, 7) is 8.13.